The Morgan fingerprint density at radius 3 is 2.71 bits per heavy atom. The lowest BCUT2D eigenvalue weighted by atomic mass is 9.85. The van der Waals surface area contributed by atoms with Crippen LogP contribution >= 0.6 is 11.6 Å². The van der Waals surface area contributed by atoms with Crippen molar-refractivity contribution in [2.24, 2.45) is 0 Å². The van der Waals surface area contributed by atoms with Gasteiger partial charge in [-0.2, -0.15) is 0 Å². The van der Waals surface area contributed by atoms with E-state index in [1.165, 1.54) is 18.2 Å². The minimum Gasteiger partial charge on any atom is -0.335 e. The summed E-state index contributed by atoms with van der Waals surface area (Å²) in [5, 5.41) is 0.296. The number of carbonyl (C=O) groups is 2. The zero-order valence-corrected chi connectivity index (χ0v) is 16.2. The lowest BCUT2D eigenvalue weighted by Crippen LogP contribution is -2.61. The number of aromatic nitrogens is 1. The summed E-state index contributed by atoms with van der Waals surface area (Å²) in [6.45, 7) is 1.48. The number of pyridine rings is 1. The van der Waals surface area contributed by atoms with Crippen molar-refractivity contribution in [1.82, 2.24) is 14.8 Å². The van der Waals surface area contributed by atoms with Gasteiger partial charge in [-0.1, -0.05) is 17.7 Å². The summed E-state index contributed by atoms with van der Waals surface area (Å²) >= 11 is 5.97. The van der Waals surface area contributed by atoms with Gasteiger partial charge in [0.15, 0.2) is 0 Å². The molecule has 146 valence electrons. The number of hydrogen-bond donors (Lipinski definition) is 0. The Kier molecular flexibility index (Phi) is 5.06. The molecule has 0 radical (unpaired) electrons. The summed E-state index contributed by atoms with van der Waals surface area (Å²) in [4.78, 5) is 34.2. The van der Waals surface area contributed by atoms with Crippen LogP contribution in [0.1, 0.15) is 41.7 Å². The molecule has 2 saturated heterocycles. The first kappa shape index (κ1) is 18.9. The summed E-state index contributed by atoms with van der Waals surface area (Å²) in [7, 11) is 0. The quantitative estimate of drug-likeness (QED) is 0.788. The van der Waals surface area contributed by atoms with E-state index in [1.807, 2.05) is 18.2 Å². The van der Waals surface area contributed by atoms with E-state index in [4.69, 9.17) is 11.6 Å². The molecule has 1 aromatic carbocycles. The van der Waals surface area contributed by atoms with Gasteiger partial charge in [0.05, 0.1) is 17.8 Å². The van der Waals surface area contributed by atoms with Crippen LogP contribution in [0.2, 0.25) is 5.02 Å². The van der Waals surface area contributed by atoms with Crippen molar-refractivity contribution >= 4 is 23.4 Å². The van der Waals surface area contributed by atoms with Crippen LogP contribution in [0.4, 0.5) is 4.39 Å². The van der Waals surface area contributed by atoms with Crippen molar-refractivity contribution in [3.05, 3.63) is 64.7 Å². The van der Waals surface area contributed by atoms with Gasteiger partial charge in [0, 0.05) is 24.3 Å². The number of benzene rings is 1. The Bertz CT molecular complexity index is 908. The number of nitrogens with zero attached hydrogens (tertiary/aromatic N) is 3. The molecule has 0 aliphatic carbocycles. The van der Waals surface area contributed by atoms with Crippen LogP contribution in [0.25, 0.3) is 0 Å². The van der Waals surface area contributed by atoms with Crippen molar-refractivity contribution < 1.29 is 14.0 Å². The molecule has 0 bridgehead atoms. The second-order valence-electron chi connectivity index (χ2n) is 7.37. The Hall–Kier alpha value is -2.47. The summed E-state index contributed by atoms with van der Waals surface area (Å²) in [6, 6.07) is 9.54. The molecule has 4 rings (SSSR count). The fraction of sp³-hybridized carbons (Fsp3) is 0.381. The van der Waals surface area contributed by atoms with E-state index in [-0.39, 0.29) is 11.5 Å². The highest BCUT2D eigenvalue weighted by atomic mass is 35.5. The number of hydrogen-bond acceptors (Lipinski definition) is 3. The number of amides is 2. The van der Waals surface area contributed by atoms with Gasteiger partial charge in [-0.25, -0.2) is 4.39 Å². The molecular weight excluding hydrogens is 381 g/mol. The first-order chi connectivity index (χ1) is 13.5. The van der Waals surface area contributed by atoms with Gasteiger partial charge in [0.2, 0.25) is 5.91 Å². The van der Waals surface area contributed by atoms with Crippen molar-refractivity contribution in [3.8, 4) is 0 Å². The standard InChI is InChI=1S/C21H21ClFN3O2/c22-15-6-7-18(23)17(13-15)19(27)26-12-4-9-21(26)8-3-11-25(20(21)28)14-16-5-1-2-10-24-16/h1-2,5-7,10,13H,3-4,8-9,11-12,14H2. The van der Waals surface area contributed by atoms with Gasteiger partial charge in [-0.05, 0) is 56.0 Å². The van der Waals surface area contributed by atoms with Gasteiger partial charge in [-0.3, -0.25) is 14.6 Å². The molecule has 28 heavy (non-hydrogen) atoms. The average molecular weight is 402 g/mol. The first-order valence-electron chi connectivity index (χ1n) is 9.47. The minimum absolute atomic E-state index is 0.0716. The normalized spacial score (nSPS) is 22.1. The van der Waals surface area contributed by atoms with E-state index in [0.29, 0.717) is 37.5 Å². The fourth-order valence-electron chi connectivity index (χ4n) is 4.37. The molecule has 2 aliphatic heterocycles. The third-order valence-corrected chi connectivity index (χ3v) is 5.91. The molecule has 5 nitrogen and oxygen atoms in total. The SMILES string of the molecule is O=C(c1cc(Cl)ccc1F)N1CCCC12CCCN(Cc1ccccn1)C2=O. The van der Waals surface area contributed by atoms with Crippen LogP contribution in [0.15, 0.2) is 42.6 Å². The molecule has 2 fully saturated rings. The molecule has 3 heterocycles. The molecule has 1 atom stereocenters. The smallest absolute Gasteiger partial charge is 0.257 e. The maximum Gasteiger partial charge on any atom is 0.257 e. The average Bonchev–Trinajstić information content (AvgIpc) is 3.12. The van der Waals surface area contributed by atoms with Crippen LogP contribution in [0.3, 0.4) is 0 Å². The summed E-state index contributed by atoms with van der Waals surface area (Å²) in [5.74, 6) is -1.16. The number of halogens is 2. The van der Waals surface area contributed by atoms with Crippen molar-refractivity contribution in [3.63, 3.8) is 0 Å². The van der Waals surface area contributed by atoms with Gasteiger partial charge in [0.25, 0.3) is 5.91 Å². The number of piperidine rings is 1. The minimum atomic E-state index is -0.904. The number of likely N-dealkylation sites (tertiary alicyclic amines) is 2. The Morgan fingerprint density at radius 1 is 1.18 bits per heavy atom. The van der Waals surface area contributed by atoms with Gasteiger partial charge >= 0.3 is 0 Å². The Morgan fingerprint density at radius 2 is 1.96 bits per heavy atom. The lowest BCUT2D eigenvalue weighted by Gasteiger charge is -2.44. The van der Waals surface area contributed by atoms with Gasteiger partial charge < -0.3 is 9.80 Å². The van der Waals surface area contributed by atoms with E-state index < -0.39 is 17.3 Å². The Labute approximate surface area is 168 Å². The van der Waals surface area contributed by atoms with Crippen LogP contribution < -0.4 is 0 Å². The van der Waals surface area contributed by atoms with Crippen LogP contribution in [-0.4, -0.2) is 45.2 Å². The second kappa shape index (κ2) is 7.51. The highest BCUT2D eigenvalue weighted by Crippen LogP contribution is 2.39. The maximum atomic E-state index is 14.3. The fourth-order valence-corrected chi connectivity index (χ4v) is 4.54. The predicted octanol–water partition coefficient (Wildman–Crippen LogP) is 3.67. The third-order valence-electron chi connectivity index (χ3n) is 5.68. The monoisotopic (exact) mass is 401 g/mol. The molecule has 1 unspecified atom stereocenters. The number of rotatable bonds is 3. The molecule has 2 aliphatic rings. The Balaban J connectivity index is 1.62. The molecule has 7 heteroatoms. The molecular formula is C21H21ClFN3O2. The molecule has 1 spiro atoms. The molecule has 0 saturated carbocycles. The maximum absolute atomic E-state index is 14.3. The van der Waals surface area contributed by atoms with E-state index in [0.717, 1.165) is 18.5 Å². The molecule has 2 aromatic rings. The van der Waals surface area contributed by atoms with E-state index in [1.54, 1.807) is 16.0 Å². The third kappa shape index (κ3) is 3.26. The van der Waals surface area contributed by atoms with E-state index in [2.05, 4.69) is 4.98 Å². The zero-order chi connectivity index (χ0) is 19.7. The predicted molar refractivity (Wildman–Crippen MR) is 103 cm³/mol. The van der Waals surface area contributed by atoms with Crippen molar-refractivity contribution in [2.45, 2.75) is 37.8 Å². The van der Waals surface area contributed by atoms with Crippen molar-refractivity contribution in [1.29, 1.82) is 0 Å². The highest BCUT2D eigenvalue weighted by Gasteiger charge is 2.53. The lowest BCUT2D eigenvalue weighted by molar-refractivity contribution is -0.146. The van der Waals surface area contributed by atoms with Gasteiger partial charge in [-0.15, -0.1) is 0 Å². The second-order valence-corrected chi connectivity index (χ2v) is 7.80. The van der Waals surface area contributed by atoms with Gasteiger partial charge in [0.1, 0.15) is 11.4 Å². The van der Waals surface area contributed by atoms with E-state index in [9.17, 15) is 14.0 Å². The van der Waals surface area contributed by atoms with Crippen LogP contribution in [0.5, 0.6) is 0 Å². The highest BCUT2D eigenvalue weighted by molar-refractivity contribution is 6.31. The van der Waals surface area contributed by atoms with Crippen LogP contribution in [0, 0.1) is 5.82 Å². The molecule has 0 N–H and O–H groups in total. The van der Waals surface area contributed by atoms with Crippen molar-refractivity contribution in [2.75, 3.05) is 13.1 Å². The first-order valence-corrected chi connectivity index (χ1v) is 9.85. The molecule has 1 aromatic heterocycles. The van der Waals surface area contributed by atoms with E-state index >= 15 is 0 Å². The zero-order valence-electron chi connectivity index (χ0n) is 15.4. The summed E-state index contributed by atoms with van der Waals surface area (Å²) in [6.07, 6.45) is 4.40. The van der Waals surface area contributed by atoms with Crippen LogP contribution in [-0.2, 0) is 11.3 Å². The number of carbonyl (C=O) groups excluding carboxylic acids is 2. The summed E-state index contributed by atoms with van der Waals surface area (Å²) < 4.78 is 14.3. The molecule has 2 amide bonds. The topological polar surface area (TPSA) is 53.5 Å². The largest absolute Gasteiger partial charge is 0.335 e. The summed E-state index contributed by atoms with van der Waals surface area (Å²) in [5.41, 5.74) is -0.174.